The number of urea groups is 1. The fourth-order valence-corrected chi connectivity index (χ4v) is 3.39. The SMILES string of the molecule is CC1=NN(c2cc(Cl)c(Cc3ccc(C#N)cc3Cl)c(Cl)c2)C(=O)NC1. The second kappa shape index (κ2) is 7.55. The first-order valence-corrected chi connectivity index (χ1v) is 8.81. The molecule has 26 heavy (non-hydrogen) atoms. The summed E-state index contributed by atoms with van der Waals surface area (Å²) in [6.45, 7) is 2.23. The van der Waals surface area contributed by atoms with Crippen LogP contribution in [-0.4, -0.2) is 18.3 Å². The first-order valence-electron chi connectivity index (χ1n) is 7.67. The first-order chi connectivity index (χ1) is 12.4. The van der Waals surface area contributed by atoms with Crippen molar-refractivity contribution in [3.05, 3.63) is 62.1 Å². The number of hydrogen-bond donors (Lipinski definition) is 1. The van der Waals surface area contributed by atoms with E-state index in [1.54, 1.807) is 30.3 Å². The van der Waals surface area contributed by atoms with Crippen LogP contribution in [0.5, 0.6) is 0 Å². The maximum Gasteiger partial charge on any atom is 0.342 e. The summed E-state index contributed by atoms with van der Waals surface area (Å²) in [5.41, 5.74) is 3.21. The van der Waals surface area contributed by atoms with Gasteiger partial charge in [0.2, 0.25) is 0 Å². The Bertz CT molecular complexity index is 942. The van der Waals surface area contributed by atoms with Crippen molar-refractivity contribution in [2.24, 2.45) is 5.10 Å². The van der Waals surface area contributed by atoms with Gasteiger partial charge in [-0.15, -0.1) is 0 Å². The number of nitriles is 1. The maximum atomic E-state index is 12.0. The number of benzene rings is 2. The van der Waals surface area contributed by atoms with Gasteiger partial charge in [0, 0.05) is 21.5 Å². The van der Waals surface area contributed by atoms with Crippen molar-refractivity contribution in [3.8, 4) is 6.07 Å². The molecule has 0 unspecified atom stereocenters. The quantitative estimate of drug-likeness (QED) is 0.776. The minimum absolute atomic E-state index is 0.342. The van der Waals surface area contributed by atoms with E-state index in [1.807, 2.05) is 13.0 Å². The van der Waals surface area contributed by atoms with Crippen LogP contribution >= 0.6 is 34.8 Å². The molecule has 1 aliphatic rings. The lowest BCUT2D eigenvalue weighted by molar-refractivity contribution is 0.246. The van der Waals surface area contributed by atoms with Crippen molar-refractivity contribution in [1.29, 1.82) is 5.26 Å². The summed E-state index contributed by atoms with van der Waals surface area (Å²) >= 11 is 19.1. The molecule has 1 heterocycles. The van der Waals surface area contributed by atoms with Crippen molar-refractivity contribution in [1.82, 2.24) is 5.32 Å². The van der Waals surface area contributed by atoms with E-state index in [2.05, 4.69) is 10.4 Å². The van der Waals surface area contributed by atoms with Crippen LogP contribution in [0.1, 0.15) is 23.6 Å². The van der Waals surface area contributed by atoms with Crippen LogP contribution in [0.2, 0.25) is 15.1 Å². The fourth-order valence-electron chi connectivity index (χ4n) is 2.54. The van der Waals surface area contributed by atoms with Gasteiger partial charge >= 0.3 is 6.03 Å². The molecule has 132 valence electrons. The summed E-state index contributed by atoms with van der Waals surface area (Å²) in [4.78, 5) is 12.0. The lowest BCUT2D eigenvalue weighted by Crippen LogP contribution is -2.44. The average molecular weight is 408 g/mol. The zero-order valence-electron chi connectivity index (χ0n) is 13.7. The topological polar surface area (TPSA) is 68.5 Å². The number of nitrogens with zero attached hydrogens (tertiary/aromatic N) is 3. The number of nitrogens with one attached hydrogen (secondary N) is 1. The number of rotatable bonds is 3. The third-order valence-corrected chi connectivity index (χ3v) is 4.90. The van der Waals surface area contributed by atoms with Gasteiger partial charge in [0.05, 0.1) is 29.6 Å². The zero-order valence-corrected chi connectivity index (χ0v) is 16.0. The molecule has 0 saturated heterocycles. The predicted molar refractivity (Wildman–Crippen MR) is 104 cm³/mol. The maximum absolute atomic E-state index is 12.0. The first kappa shape index (κ1) is 18.5. The lowest BCUT2D eigenvalue weighted by atomic mass is 10.0. The van der Waals surface area contributed by atoms with Gasteiger partial charge in [-0.05, 0) is 42.3 Å². The smallest absolute Gasteiger partial charge is 0.331 e. The van der Waals surface area contributed by atoms with Crippen molar-refractivity contribution < 1.29 is 4.79 Å². The monoisotopic (exact) mass is 406 g/mol. The van der Waals surface area contributed by atoms with Crippen molar-refractivity contribution in [3.63, 3.8) is 0 Å². The second-order valence-corrected chi connectivity index (χ2v) is 7.01. The number of anilines is 1. The van der Waals surface area contributed by atoms with E-state index in [-0.39, 0.29) is 6.03 Å². The Labute approximate surface area is 165 Å². The molecule has 1 N–H and O–H groups in total. The molecule has 0 aliphatic carbocycles. The van der Waals surface area contributed by atoms with Crippen molar-refractivity contribution in [2.45, 2.75) is 13.3 Å². The minimum atomic E-state index is -0.342. The highest BCUT2D eigenvalue weighted by atomic mass is 35.5. The molecule has 2 aromatic carbocycles. The predicted octanol–water partition coefficient (Wildman–Crippen LogP) is 5.01. The number of halogens is 3. The molecular formula is C18H13Cl3N4O. The fraction of sp³-hybridized carbons (Fsp3) is 0.167. The van der Waals surface area contributed by atoms with Crippen LogP contribution in [0.25, 0.3) is 0 Å². The molecule has 0 spiro atoms. The van der Waals surface area contributed by atoms with Gasteiger partial charge < -0.3 is 5.32 Å². The van der Waals surface area contributed by atoms with E-state index in [0.29, 0.717) is 44.8 Å². The van der Waals surface area contributed by atoms with Gasteiger partial charge in [-0.2, -0.15) is 15.4 Å². The van der Waals surface area contributed by atoms with E-state index in [9.17, 15) is 4.79 Å². The molecule has 8 heteroatoms. The second-order valence-electron chi connectivity index (χ2n) is 5.79. The number of carbonyl (C=O) groups excluding carboxylic acids is 1. The summed E-state index contributed by atoms with van der Waals surface area (Å²) in [6, 6.07) is 10.0. The molecule has 0 saturated carbocycles. The van der Waals surface area contributed by atoms with Crippen molar-refractivity contribution >= 4 is 52.2 Å². The molecule has 0 atom stereocenters. The van der Waals surface area contributed by atoms with E-state index < -0.39 is 0 Å². The number of hydrogen-bond acceptors (Lipinski definition) is 3. The summed E-state index contributed by atoms with van der Waals surface area (Å²) in [5, 5.41) is 18.4. The Morgan fingerprint density at radius 3 is 2.50 bits per heavy atom. The summed E-state index contributed by atoms with van der Waals surface area (Å²) in [7, 11) is 0. The van der Waals surface area contributed by atoms with Crippen LogP contribution in [0, 0.1) is 11.3 Å². The number of hydrazone groups is 1. The third kappa shape index (κ3) is 3.78. The molecule has 0 radical (unpaired) electrons. The van der Waals surface area contributed by atoms with Crippen LogP contribution in [0.3, 0.4) is 0 Å². The van der Waals surface area contributed by atoms with Gasteiger partial charge in [-0.3, -0.25) is 0 Å². The molecule has 0 fully saturated rings. The molecule has 0 bridgehead atoms. The highest BCUT2D eigenvalue weighted by Crippen LogP contribution is 2.34. The molecule has 2 amide bonds. The Hall–Kier alpha value is -2.26. The summed E-state index contributed by atoms with van der Waals surface area (Å²) in [5.74, 6) is 0. The Kier molecular flexibility index (Phi) is 5.38. The number of amides is 2. The number of carbonyl (C=O) groups is 1. The van der Waals surface area contributed by atoms with Crippen LogP contribution in [0.15, 0.2) is 35.4 Å². The van der Waals surface area contributed by atoms with E-state index in [0.717, 1.165) is 11.3 Å². The molecule has 1 aliphatic heterocycles. The van der Waals surface area contributed by atoms with Crippen LogP contribution in [-0.2, 0) is 6.42 Å². The van der Waals surface area contributed by atoms with Gasteiger partial charge in [0.25, 0.3) is 0 Å². The van der Waals surface area contributed by atoms with E-state index in [4.69, 9.17) is 40.1 Å². The van der Waals surface area contributed by atoms with Gasteiger partial charge in [-0.1, -0.05) is 40.9 Å². The summed E-state index contributed by atoms with van der Waals surface area (Å²) in [6.07, 6.45) is 0.400. The van der Waals surface area contributed by atoms with E-state index in [1.165, 1.54) is 5.01 Å². The standard InChI is InChI=1S/C18H13Cl3N4O/c1-10-9-23-18(26)25(24-10)13-6-16(20)14(17(21)7-13)5-12-3-2-11(8-22)4-15(12)19/h2-4,6-7H,5,9H2,1H3,(H,23,26). The Morgan fingerprint density at radius 2 is 1.88 bits per heavy atom. The Balaban J connectivity index is 1.95. The molecule has 0 aromatic heterocycles. The molecular weight excluding hydrogens is 395 g/mol. The lowest BCUT2D eigenvalue weighted by Gasteiger charge is -2.24. The Morgan fingerprint density at radius 1 is 1.19 bits per heavy atom. The highest BCUT2D eigenvalue weighted by Gasteiger charge is 2.22. The van der Waals surface area contributed by atoms with E-state index >= 15 is 0 Å². The van der Waals surface area contributed by atoms with Crippen LogP contribution < -0.4 is 10.3 Å². The highest BCUT2D eigenvalue weighted by molar-refractivity contribution is 6.36. The largest absolute Gasteiger partial charge is 0.342 e. The van der Waals surface area contributed by atoms with Crippen LogP contribution in [0.4, 0.5) is 10.5 Å². The van der Waals surface area contributed by atoms with Gasteiger partial charge in [0.15, 0.2) is 0 Å². The normalized spacial score (nSPS) is 13.9. The molecule has 3 rings (SSSR count). The summed E-state index contributed by atoms with van der Waals surface area (Å²) < 4.78 is 0. The van der Waals surface area contributed by atoms with Gasteiger partial charge in [-0.25, -0.2) is 4.79 Å². The molecule has 5 nitrogen and oxygen atoms in total. The van der Waals surface area contributed by atoms with Gasteiger partial charge in [0.1, 0.15) is 0 Å². The average Bonchev–Trinajstić information content (AvgIpc) is 2.61. The zero-order chi connectivity index (χ0) is 18.8. The third-order valence-electron chi connectivity index (χ3n) is 3.88. The minimum Gasteiger partial charge on any atom is -0.331 e. The molecule has 2 aromatic rings. The van der Waals surface area contributed by atoms with Crippen molar-refractivity contribution in [2.75, 3.05) is 11.6 Å².